The molecule has 0 spiro atoms. The first-order valence-electron chi connectivity index (χ1n) is 9.45. The average molecular weight is 380 g/mol. The molecule has 0 N–H and O–H groups in total. The molecule has 0 radical (unpaired) electrons. The van der Waals surface area contributed by atoms with E-state index in [1.165, 1.54) is 16.3 Å². The van der Waals surface area contributed by atoms with Crippen LogP contribution in [0.25, 0.3) is 10.8 Å². The molecule has 140 valence electrons. The maximum Gasteiger partial charge on any atom is 0.243 e. The maximum absolute atomic E-state index is 12.9. The Bertz CT molecular complexity index is 1060. The molecule has 0 saturated carbocycles. The predicted octanol–water partition coefficient (Wildman–Crippen LogP) is 4.89. The van der Waals surface area contributed by atoms with Crippen molar-refractivity contribution in [1.29, 1.82) is 0 Å². The number of nitrogens with zero attached hydrogens (tertiary/aromatic N) is 1. The van der Waals surface area contributed by atoms with E-state index in [9.17, 15) is 8.42 Å². The molecule has 1 heterocycles. The van der Waals surface area contributed by atoms with Gasteiger partial charge in [-0.2, -0.15) is 4.31 Å². The van der Waals surface area contributed by atoms with E-state index >= 15 is 0 Å². The van der Waals surface area contributed by atoms with Gasteiger partial charge in [-0.15, -0.1) is 0 Å². The molecular weight excluding hydrogens is 354 g/mol. The van der Waals surface area contributed by atoms with E-state index < -0.39 is 10.0 Å². The van der Waals surface area contributed by atoms with Gasteiger partial charge in [-0.1, -0.05) is 67.1 Å². The van der Waals surface area contributed by atoms with E-state index in [-0.39, 0.29) is 5.41 Å². The molecule has 1 aliphatic heterocycles. The van der Waals surface area contributed by atoms with Crippen LogP contribution in [0, 0.1) is 6.92 Å². The van der Waals surface area contributed by atoms with Crippen molar-refractivity contribution in [2.75, 3.05) is 13.1 Å². The Morgan fingerprint density at radius 2 is 1.48 bits per heavy atom. The first-order chi connectivity index (χ1) is 12.9. The van der Waals surface area contributed by atoms with Crippen LogP contribution in [0.5, 0.6) is 0 Å². The van der Waals surface area contributed by atoms with E-state index in [0.29, 0.717) is 18.0 Å². The van der Waals surface area contributed by atoms with Gasteiger partial charge in [0, 0.05) is 13.1 Å². The smallest absolute Gasteiger partial charge is 0.207 e. The van der Waals surface area contributed by atoms with Crippen LogP contribution in [-0.4, -0.2) is 25.8 Å². The van der Waals surface area contributed by atoms with Crippen LogP contribution in [0.2, 0.25) is 0 Å². The van der Waals surface area contributed by atoms with E-state index in [2.05, 4.69) is 49.4 Å². The summed E-state index contributed by atoms with van der Waals surface area (Å²) in [6, 6.07) is 22.1. The summed E-state index contributed by atoms with van der Waals surface area (Å²) in [7, 11) is -3.41. The molecule has 27 heavy (non-hydrogen) atoms. The van der Waals surface area contributed by atoms with Crippen LogP contribution >= 0.6 is 0 Å². The molecule has 1 saturated heterocycles. The van der Waals surface area contributed by atoms with Crippen LogP contribution in [0.4, 0.5) is 0 Å². The highest BCUT2D eigenvalue weighted by Gasteiger charge is 2.36. The number of benzene rings is 3. The van der Waals surface area contributed by atoms with Gasteiger partial charge in [-0.3, -0.25) is 0 Å². The number of hydrogen-bond donors (Lipinski definition) is 0. The summed E-state index contributed by atoms with van der Waals surface area (Å²) in [5.41, 5.74) is 2.37. The molecule has 0 bridgehead atoms. The van der Waals surface area contributed by atoms with Gasteiger partial charge in [0.1, 0.15) is 0 Å². The Morgan fingerprint density at radius 1 is 0.852 bits per heavy atom. The van der Waals surface area contributed by atoms with Crippen molar-refractivity contribution in [3.63, 3.8) is 0 Å². The number of sulfonamides is 1. The van der Waals surface area contributed by atoms with Crippen molar-refractivity contribution in [3.8, 4) is 0 Å². The lowest BCUT2D eigenvalue weighted by molar-refractivity contribution is 0.249. The summed E-state index contributed by atoms with van der Waals surface area (Å²) in [5, 5.41) is 2.48. The molecule has 0 aliphatic carbocycles. The Balaban J connectivity index is 1.55. The van der Waals surface area contributed by atoms with Crippen LogP contribution in [0.1, 0.15) is 30.9 Å². The fourth-order valence-electron chi connectivity index (χ4n) is 3.93. The molecule has 3 aromatic rings. The first-order valence-corrected chi connectivity index (χ1v) is 10.9. The highest BCUT2D eigenvalue weighted by molar-refractivity contribution is 7.89. The minimum atomic E-state index is -3.41. The summed E-state index contributed by atoms with van der Waals surface area (Å²) in [4.78, 5) is 0.391. The van der Waals surface area contributed by atoms with E-state index in [0.717, 1.165) is 18.4 Å². The van der Waals surface area contributed by atoms with Crippen molar-refractivity contribution >= 4 is 20.8 Å². The molecule has 1 fully saturated rings. The second-order valence-corrected chi connectivity index (χ2v) is 9.78. The predicted molar refractivity (Wildman–Crippen MR) is 110 cm³/mol. The van der Waals surface area contributed by atoms with Gasteiger partial charge in [0.15, 0.2) is 0 Å². The van der Waals surface area contributed by atoms with Crippen molar-refractivity contribution in [3.05, 3.63) is 77.9 Å². The number of hydrogen-bond acceptors (Lipinski definition) is 2. The van der Waals surface area contributed by atoms with Crippen LogP contribution in [0.15, 0.2) is 71.6 Å². The highest BCUT2D eigenvalue weighted by atomic mass is 32.2. The quantitative estimate of drug-likeness (QED) is 0.650. The number of aryl methyl sites for hydroxylation is 1. The molecule has 0 aromatic heterocycles. The van der Waals surface area contributed by atoms with Crippen LogP contribution in [-0.2, 0) is 15.4 Å². The topological polar surface area (TPSA) is 37.4 Å². The Kier molecular flexibility index (Phi) is 4.57. The summed E-state index contributed by atoms with van der Waals surface area (Å²) in [6.45, 7) is 5.33. The van der Waals surface area contributed by atoms with E-state index in [1.807, 2.05) is 19.1 Å². The second kappa shape index (κ2) is 6.77. The average Bonchev–Trinajstić information content (AvgIpc) is 2.68. The number of piperidine rings is 1. The van der Waals surface area contributed by atoms with Crippen molar-refractivity contribution in [1.82, 2.24) is 4.31 Å². The zero-order valence-electron chi connectivity index (χ0n) is 15.9. The normalized spacial score (nSPS) is 17.9. The van der Waals surface area contributed by atoms with Gasteiger partial charge in [-0.05, 0) is 53.6 Å². The lowest BCUT2D eigenvalue weighted by Gasteiger charge is -2.39. The molecule has 4 rings (SSSR count). The van der Waals surface area contributed by atoms with Gasteiger partial charge < -0.3 is 0 Å². The summed E-state index contributed by atoms with van der Waals surface area (Å²) < 4.78 is 27.5. The van der Waals surface area contributed by atoms with Crippen LogP contribution < -0.4 is 0 Å². The SMILES string of the molecule is Cc1ccc(S(=O)(=O)N2CCC(C)(c3ccc4ccccc4c3)CC2)cc1. The molecule has 0 unspecified atom stereocenters. The largest absolute Gasteiger partial charge is 0.243 e. The minimum Gasteiger partial charge on any atom is -0.207 e. The Labute approximate surface area is 161 Å². The van der Waals surface area contributed by atoms with Crippen molar-refractivity contribution < 1.29 is 8.42 Å². The van der Waals surface area contributed by atoms with Gasteiger partial charge in [0.25, 0.3) is 0 Å². The molecule has 0 atom stereocenters. The van der Waals surface area contributed by atoms with Gasteiger partial charge in [0.05, 0.1) is 4.90 Å². The standard InChI is InChI=1S/C23H25NO2S/c1-18-7-11-22(12-8-18)27(25,26)24-15-13-23(2,14-16-24)21-10-9-19-5-3-4-6-20(19)17-21/h3-12,17H,13-16H2,1-2H3. The first kappa shape index (κ1) is 18.2. The summed E-state index contributed by atoms with van der Waals surface area (Å²) in [6.07, 6.45) is 1.66. The molecule has 3 aromatic carbocycles. The number of fused-ring (bicyclic) bond motifs is 1. The minimum absolute atomic E-state index is 0.00330. The monoisotopic (exact) mass is 379 g/mol. The highest BCUT2D eigenvalue weighted by Crippen LogP contribution is 2.37. The zero-order chi connectivity index (χ0) is 19.1. The third-order valence-corrected chi connectivity index (χ3v) is 7.84. The van der Waals surface area contributed by atoms with Crippen molar-refractivity contribution in [2.45, 2.75) is 37.0 Å². The van der Waals surface area contributed by atoms with Gasteiger partial charge >= 0.3 is 0 Å². The molecule has 3 nitrogen and oxygen atoms in total. The third kappa shape index (κ3) is 3.40. The van der Waals surface area contributed by atoms with E-state index in [4.69, 9.17) is 0 Å². The fourth-order valence-corrected chi connectivity index (χ4v) is 5.37. The lowest BCUT2D eigenvalue weighted by Crippen LogP contribution is -2.43. The molecule has 0 amide bonds. The third-order valence-electron chi connectivity index (χ3n) is 5.93. The van der Waals surface area contributed by atoms with Gasteiger partial charge in [-0.25, -0.2) is 8.42 Å². The fraction of sp³-hybridized carbons (Fsp3) is 0.304. The Morgan fingerprint density at radius 3 is 2.15 bits per heavy atom. The lowest BCUT2D eigenvalue weighted by atomic mass is 9.74. The van der Waals surface area contributed by atoms with Crippen LogP contribution in [0.3, 0.4) is 0 Å². The molecular formula is C23H25NO2S. The Hall–Kier alpha value is -2.17. The van der Waals surface area contributed by atoms with Crippen molar-refractivity contribution in [2.24, 2.45) is 0 Å². The zero-order valence-corrected chi connectivity index (χ0v) is 16.7. The molecule has 4 heteroatoms. The molecule has 1 aliphatic rings. The second-order valence-electron chi connectivity index (χ2n) is 7.84. The summed E-state index contributed by atoms with van der Waals surface area (Å²) >= 11 is 0. The van der Waals surface area contributed by atoms with E-state index in [1.54, 1.807) is 16.4 Å². The summed E-state index contributed by atoms with van der Waals surface area (Å²) in [5.74, 6) is 0. The maximum atomic E-state index is 12.9. The van der Waals surface area contributed by atoms with Gasteiger partial charge in [0.2, 0.25) is 10.0 Å². The number of rotatable bonds is 3.